The average Bonchev–Trinajstić information content (AvgIpc) is 2.82. The van der Waals surface area contributed by atoms with Gasteiger partial charge < -0.3 is 14.4 Å². The molecule has 2 atom stereocenters. The van der Waals surface area contributed by atoms with E-state index in [1.54, 1.807) is 26.8 Å². The van der Waals surface area contributed by atoms with Gasteiger partial charge in [-0.3, -0.25) is 9.69 Å². The predicted molar refractivity (Wildman–Crippen MR) is 134 cm³/mol. The zero-order chi connectivity index (χ0) is 25.4. The highest BCUT2D eigenvalue weighted by molar-refractivity contribution is 5.90. The first-order valence-electron chi connectivity index (χ1n) is 11.8. The molecule has 1 aliphatic heterocycles. The van der Waals surface area contributed by atoms with Gasteiger partial charge in [0.05, 0.1) is 7.11 Å². The summed E-state index contributed by atoms with van der Waals surface area (Å²) >= 11 is 0. The molecule has 0 aromatic heterocycles. The maximum atomic E-state index is 14.1. The molecule has 0 bridgehead atoms. The summed E-state index contributed by atoms with van der Waals surface area (Å²) in [6.07, 6.45) is 3.66. The quantitative estimate of drug-likeness (QED) is 0.463. The zero-order valence-corrected chi connectivity index (χ0v) is 20.8. The van der Waals surface area contributed by atoms with Crippen LogP contribution in [-0.4, -0.2) is 65.7 Å². The second-order valence-electron chi connectivity index (χ2n) is 9.53. The Labute approximate surface area is 207 Å². The van der Waals surface area contributed by atoms with Crippen molar-refractivity contribution in [3.05, 3.63) is 83.9 Å². The Bertz CT molecular complexity index is 1030. The maximum Gasteiger partial charge on any atom is 0.411 e. The molecule has 0 fully saturated rings. The molecule has 1 aliphatic rings. The molecule has 2 amide bonds. The van der Waals surface area contributed by atoms with Gasteiger partial charge in [-0.15, -0.1) is 0 Å². The summed E-state index contributed by atoms with van der Waals surface area (Å²) < 4.78 is 10.7. The number of amides is 2. The van der Waals surface area contributed by atoms with E-state index >= 15 is 0 Å². The Morgan fingerprint density at radius 1 is 0.943 bits per heavy atom. The minimum Gasteiger partial charge on any atom is -0.467 e. The number of rotatable bonds is 6. The van der Waals surface area contributed by atoms with Gasteiger partial charge in [0, 0.05) is 25.9 Å². The number of hydrogen-bond acceptors (Lipinski definition) is 5. The van der Waals surface area contributed by atoms with Gasteiger partial charge in [0.15, 0.2) is 0 Å². The van der Waals surface area contributed by atoms with Crippen LogP contribution in [0.3, 0.4) is 0 Å². The molecule has 0 aliphatic carbocycles. The Morgan fingerprint density at radius 2 is 1.51 bits per heavy atom. The summed E-state index contributed by atoms with van der Waals surface area (Å²) in [6, 6.07) is 17.3. The summed E-state index contributed by atoms with van der Waals surface area (Å²) in [5.41, 5.74) is 1.09. The standard InChI is InChI=1S/C28H34N2O5/c1-28(2,3)35-27(33)30-18-12-11-17-29(25(31)23(30)19-21-13-7-5-8-14-21)24(26(32)34-4)20-22-15-9-6-10-16-22/h5-16,23-24H,17-20H2,1-4H3/b12-11-/t23-,24+/m0/s1. The molecule has 0 radical (unpaired) electrons. The number of benzene rings is 2. The summed E-state index contributed by atoms with van der Waals surface area (Å²) in [7, 11) is 1.32. The van der Waals surface area contributed by atoms with Crippen molar-refractivity contribution >= 4 is 18.0 Å². The van der Waals surface area contributed by atoms with Crippen molar-refractivity contribution in [2.75, 3.05) is 20.2 Å². The van der Waals surface area contributed by atoms with Crippen LogP contribution in [0.4, 0.5) is 4.79 Å². The van der Waals surface area contributed by atoms with Crippen LogP contribution in [-0.2, 0) is 31.9 Å². The Balaban J connectivity index is 2.00. The van der Waals surface area contributed by atoms with Crippen LogP contribution in [0.2, 0.25) is 0 Å². The molecule has 3 rings (SSSR count). The minimum absolute atomic E-state index is 0.230. The van der Waals surface area contributed by atoms with Gasteiger partial charge in [-0.1, -0.05) is 72.8 Å². The van der Waals surface area contributed by atoms with E-state index in [4.69, 9.17) is 9.47 Å². The number of carbonyl (C=O) groups excluding carboxylic acids is 3. The zero-order valence-electron chi connectivity index (χ0n) is 20.8. The third kappa shape index (κ3) is 7.18. The molecule has 0 saturated carbocycles. The third-order valence-corrected chi connectivity index (χ3v) is 5.74. The molecule has 0 spiro atoms. The van der Waals surface area contributed by atoms with Crippen molar-refractivity contribution in [1.82, 2.24) is 9.80 Å². The molecule has 7 heteroatoms. The van der Waals surface area contributed by atoms with Gasteiger partial charge in [0.2, 0.25) is 5.91 Å². The fourth-order valence-corrected chi connectivity index (χ4v) is 4.05. The predicted octanol–water partition coefficient (Wildman–Crippen LogP) is 4.02. The molecular weight excluding hydrogens is 444 g/mol. The maximum absolute atomic E-state index is 14.1. The Hall–Kier alpha value is -3.61. The van der Waals surface area contributed by atoms with E-state index in [1.807, 2.05) is 66.7 Å². The van der Waals surface area contributed by atoms with Gasteiger partial charge in [-0.25, -0.2) is 9.59 Å². The molecular formula is C28H34N2O5. The van der Waals surface area contributed by atoms with E-state index in [-0.39, 0.29) is 19.0 Å². The number of nitrogens with zero attached hydrogens (tertiary/aromatic N) is 2. The van der Waals surface area contributed by atoms with Crippen molar-refractivity contribution in [2.45, 2.75) is 51.3 Å². The van der Waals surface area contributed by atoms with E-state index in [1.165, 1.54) is 16.9 Å². The van der Waals surface area contributed by atoms with E-state index in [2.05, 4.69) is 0 Å². The van der Waals surface area contributed by atoms with Crippen LogP contribution >= 0.6 is 0 Å². The second-order valence-corrected chi connectivity index (χ2v) is 9.53. The fraction of sp³-hybridized carbons (Fsp3) is 0.393. The van der Waals surface area contributed by atoms with E-state index < -0.39 is 29.7 Å². The SMILES string of the molecule is COC(=O)[C@@H](Cc1ccccc1)N1C/C=C\CN(C(=O)OC(C)(C)C)[C@@H](Cc2ccccc2)C1=O. The van der Waals surface area contributed by atoms with Crippen LogP contribution in [0.25, 0.3) is 0 Å². The molecule has 1 heterocycles. The van der Waals surface area contributed by atoms with Crippen LogP contribution in [0, 0.1) is 0 Å². The first kappa shape index (κ1) is 26.0. The lowest BCUT2D eigenvalue weighted by Gasteiger charge is -2.38. The topological polar surface area (TPSA) is 76.2 Å². The molecule has 7 nitrogen and oxygen atoms in total. The van der Waals surface area contributed by atoms with Crippen molar-refractivity contribution in [3.8, 4) is 0 Å². The number of esters is 1. The number of methoxy groups -OCH3 is 1. The largest absolute Gasteiger partial charge is 0.467 e. The van der Waals surface area contributed by atoms with Gasteiger partial charge in [-0.05, 0) is 31.9 Å². The van der Waals surface area contributed by atoms with E-state index in [9.17, 15) is 14.4 Å². The van der Waals surface area contributed by atoms with E-state index in [0.717, 1.165) is 11.1 Å². The molecule has 0 saturated heterocycles. The van der Waals surface area contributed by atoms with Gasteiger partial charge in [-0.2, -0.15) is 0 Å². The highest BCUT2D eigenvalue weighted by Crippen LogP contribution is 2.21. The Kier molecular flexibility index (Phi) is 8.68. The smallest absolute Gasteiger partial charge is 0.411 e. The van der Waals surface area contributed by atoms with Gasteiger partial charge in [0.1, 0.15) is 17.7 Å². The normalized spacial score (nSPS) is 18.3. The fourth-order valence-electron chi connectivity index (χ4n) is 4.05. The van der Waals surface area contributed by atoms with E-state index in [0.29, 0.717) is 12.8 Å². The minimum atomic E-state index is -0.847. The summed E-state index contributed by atoms with van der Waals surface area (Å²) in [5, 5.41) is 0. The molecule has 35 heavy (non-hydrogen) atoms. The highest BCUT2D eigenvalue weighted by Gasteiger charge is 2.40. The lowest BCUT2D eigenvalue weighted by atomic mass is 9.99. The monoisotopic (exact) mass is 478 g/mol. The number of hydrogen-bond donors (Lipinski definition) is 0. The van der Waals surface area contributed by atoms with Crippen LogP contribution in [0.15, 0.2) is 72.8 Å². The molecule has 0 N–H and O–H groups in total. The van der Waals surface area contributed by atoms with Crippen LogP contribution < -0.4 is 0 Å². The molecule has 2 aromatic carbocycles. The first-order valence-corrected chi connectivity index (χ1v) is 11.8. The first-order chi connectivity index (χ1) is 16.7. The van der Waals surface area contributed by atoms with Crippen molar-refractivity contribution < 1.29 is 23.9 Å². The molecule has 0 unspecified atom stereocenters. The van der Waals surface area contributed by atoms with Gasteiger partial charge >= 0.3 is 12.1 Å². The number of ether oxygens (including phenoxy) is 2. The van der Waals surface area contributed by atoms with Crippen molar-refractivity contribution in [2.24, 2.45) is 0 Å². The lowest BCUT2D eigenvalue weighted by molar-refractivity contribution is -0.154. The van der Waals surface area contributed by atoms with Crippen molar-refractivity contribution in [3.63, 3.8) is 0 Å². The summed E-state index contributed by atoms with van der Waals surface area (Å²) in [5.74, 6) is -0.825. The van der Waals surface area contributed by atoms with Crippen LogP contribution in [0.5, 0.6) is 0 Å². The molecule has 186 valence electrons. The van der Waals surface area contributed by atoms with Gasteiger partial charge in [0.25, 0.3) is 0 Å². The summed E-state index contributed by atoms with van der Waals surface area (Å²) in [4.78, 5) is 43.1. The average molecular weight is 479 g/mol. The molecule has 2 aromatic rings. The highest BCUT2D eigenvalue weighted by atomic mass is 16.6. The van der Waals surface area contributed by atoms with Crippen LogP contribution in [0.1, 0.15) is 31.9 Å². The third-order valence-electron chi connectivity index (χ3n) is 5.74. The second kappa shape index (κ2) is 11.7. The summed E-state index contributed by atoms with van der Waals surface area (Å²) in [6.45, 7) is 5.83. The number of carbonyl (C=O) groups is 3. The Morgan fingerprint density at radius 3 is 2.09 bits per heavy atom. The lowest BCUT2D eigenvalue weighted by Crippen LogP contribution is -2.58. The van der Waals surface area contributed by atoms with Crippen molar-refractivity contribution in [1.29, 1.82) is 0 Å².